The van der Waals surface area contributed by atoms with Crippen molar-refractivity contribution >= 4 is 34.6 Å². The van der Waals surface area contributed by atoms with Crippen molar-refractivity contribution in [1.29, 1.82) is 0 Å². The minimum atomic E-state index is -1.45. The summed E-state index contributed by atoms with van der Waals surface area (Å²) in [4.78, 5) is 54.3. The molecule has 3 rings (SSSR count). The lowest BCUT2D eigenvalue weighted by atomic mass is 10.0. The molecular formula is C30H39N5O6. The molecule has 0 bridgehead atoms. The Morgan fingerprint density at radius 1 is 0.829 bits per heavy atom. The number of nitrogens with one attached hydrogen (secondary N) is 4. The molecule has 3 amide bonds. The number of amides is 3. The molecule has 0 aliphatic rings. The van der Waals surface area contributed by atoms with Crippen molar-refractivity contribution in [3.05, 3.63) is 71.9 Å². The van der Waals surface area contributed by atoms with E-state index in [2.05, 4.69) is 20.9 Å². The predicted octanol–water partition coefficient (Wildman–Crippen LogP) is 1.25. The molecule has 1 heterocycles. The number of H-pyrrole nitrogens is 1. The minimum absolute atomic E-state index is 0.00279. The van der Waals surface area contributed by atoms with Crippen LogP contribution < -0.4 is 21.7 Å². The van der Waals surface area contributed by atoms with E-state index in [0.29, 0.717) is 5.56 Å². The summed E-state index contributed by atoms with van der Waals surface area (Å²) in [5.74, 6) is -3.35. The molecule has 0 spiro atoms. The molecule has 0 aliphatic heterocycles. The zero-order valence-corrected chi connectivity index (χ0v) is 23.5. The van der Waals surface area contributed by atoms with Gasteiger partial charge in [0, 0.05) is 23.5 Å². The van der Waals surface area contributed by atoms with E-state index < -0.39 is 54.0 Å². The average Bonchev–Trinajstić information content (AvgIpc) is 3.33. The molecule has 1 aromatic heterocycles. The number of aromatic nitrogens is 1. The molecule has 8 N–H and O–H groups in total. The van der Waals surface area contributed by atoms with Gasteiger partial charge in [-0.25, -0.2) is 4.79 Å². The second-order valence-electron chi connectivity index (χ2n) is 10.7. The first-order chi connectivity index (χ1) is 19.5. The Balaban J connectivity index is 1.67. The third kappa shape index (κ3) is 8.89. The van der Waals surface area contributed by atoms with E-state index in [1.807, 2.05) is 38.1 Å². The van der Waals surface area contributed by atoms with Crippen LogP contribution in [0.1, 0.15) is 38.3 Å². The molecule has 11 nitrogen and oxygen atoms in total. The molecule has 5 unspecified atom stereocenters. The number of rotatable bonds is 14. The number of aliphatic hydroxyl groups excluding tert-OH is 1. The highest BCUT2D eigenvalue weighted by molar-refractivity contribution is 5.94. The number of para-hydroxylation sites is 1. The van der Waals surface area contributed by atoms with Gasteiger partial charge in [0.05, 0.1) is 12.1 Å². The van der Waals surface area contributed by atoms with Gasteiger partial charge >= 0.3 is 5.97 Å². The van der Waals surface area contributed by atoms with Crippen molar-refractivity contribution in [3.8, 4) is 0 Å². The number of carbonyl (C=O) groups is 4. The lowest BCUT2D eigenvalue weighted by molar-refractivity contribution is -0.143. The number of carboxylic acid groups (broad SMARTS) is 1. The van der Waals surface area contributed by atoms with E-state index in [0.717, 1.165) is 16.5 Å². The van der Waals surface area contributed by atoms with Gasteiger partial charge in [-0.2, -0.15) is 0 Å². The zero-order valence-electron chi connectivity index (χ0n) is 23.5. The molecule has 220 valence electrons. The number of benzene rings is 2. The van der Waals surface area contributed by atoms with Crippen LogP contribution in [-0.2, 0) is 32.0 Å². The number of hydrogen-bond donors (Lipinski definition) is 7. The van der Waals surface area contributed by atoms with E-state index in [-0.39, 0.29) is 25.2 Å². The quantitative estimate of drug-likeness (QED) is 0.153. The van der Waals surface area contributed by atoms with Gasteiger partial charge in [-0.1, -0.05) is 62.4 Å². The highest BCUT2D eigenvalue weighted by Crippen LogP contribution is 2.19. The zero-order chi connectivity index (χ0) is 30.1. The Hall–Kier alpha value is -4.22. The number of aliphatic hydroxyl groups is 1. The number of fused-ring (bicyclic) bond motifs is 1. The summed E-state index contributed by atoms with van der Waals surface area (Å²) in [6.07, 6.45) is 0.955. The third-order valence-electron chi connectivity index (χ3n) is 6.75. The van der Waals surface area contributed by atoms with Crippen molar-refractivity contribution in [1.82, 2.24) is 20.9 Å². The van der Waals surface area contributed by atoms with Crippen LogP contribution >= 0.6 is 0 Å². The first-order valence-corrected chi connectivity index (χ1v) is 13.6. The summed E-state index contributed by atoms with van der Waals surface area (Å²) < 4.78 is 0. The van der Waals surface area contributed by atoms with Crippen LogP contribution in [0.5, 0.6) is 0 Å². The minimum Gasteiger partial charge on any atom is -0.480 e. The molecule has 0 aliphatic carbocycles. The van der Waals surface area contributed by atoms with Crippen molar-refractivity contribution in [2.24, 2.45) is 11.7 Å². The average molecular weight is 566 g/mol. The Bertz CT molecular complexity index is 1340. The summed E-state index contributed by atoms with van der Waals surface area (Å²) in [6.45, 7) is 5.06. The highest BCUT2D eigenvalue weighted by Gasteiger charge is 2.33. The maximum absolute atomic E-state index is 13.3. The molecule has 0 fully saturated rings. The maximum Gasteiger partial charge on any atom is 0.326 e. The number of nitrogens with two attached hydrogens (primary N) is 1. The van der Waals surface area contributed by atoms with Crippen molar-refractivity contribution in [3.63, 3.8) is 0 Å². The molecule has 5 atom stereocenters. The fourth-order valence-corrected chi connectivity index (χ4v) is 4.58. The molecule has 3 aromatic rings. The molecule has 11 heteroatoms. The van der Waals surface area contributed by atoms with Crippen LogP contribution in [0.25, 0.3) is 10.9 Å². The molecule has 2 aromatic carbocycles. The van der Waals surface area contributed by atoms with Gasteiger partial charge in [0.25, 0.3) is 0 Å². The van der Waals surface area contributed by atoms with Crippen LogP contribution in [0.3, 0.4) is 0 Å². The summed E-state index contributed by atoms with van der Waals surface area (Å²) in [5.41, 5.74) is 8.68. The van der Waals surface area contributed by atoms with Gasteiger partial charge in [0.2, 0.25) is 17.7 Å². The third-order valence-corrected chi connectivity index (χ3v) is 6.75. The Morgan fingerprint density at radius 2 is 1.46 bits per heavy atom. The standard InChI is InChI=1S/C30H39N5O6/c1-17(2)13-24(33-27(37)22(31)15-20-16-32-23-12-8-7-11-21(20)23)28(38)35-26(18(3)36)29(39)34-25(30(40)41)14-19-9-5-4-6-10-19/h4-12,16-18,22,24-26,32,36H,13-15,31H2,1-3H3,(H,33,37)(H,34,39)(H,35,38)(H,40,41). The Morgan fingerprint density at radius 3 is 2.10 bits per heavy atom. The Labute approximate surface area is 238 Å². The molecule has 0 radical (unpaired) electrons. The molecule has 41 heavy (non-hydrogen) atoms. The van der Waals surface area contributed by atoms with Gasteiger partial charge in [0.15, 0.2) is 0 Å². The summed E-state index contributed by atoms with van der Waals surface area (Å²) in [5, 5.41) is 28.5. The summed E-state index contributed by atoms with van der Waals surface area (Å²) >= 11 is 0. The maximum atomic E-state index is 13.3. The summed E-state index contributed by atoms with van der Waals surface area (Å²) in [6, 6.07) is 11.7. The fraction of sp³-hybridized carbons (Fsp3) is 0.400. The van der Waals surface area contributed by atoms with Crippen LogP contribution in [0.2, 0.25) is 0 Å². The first kappa shape index (κ1) is 31.3. The molecular weight excluding hydrogens is 526 g/mol. The van der Waals surface area contributed by atoms with Crippen LogP contribution in [0, 0.1) is 5.92 Å². The fourth-order valence-electron chi connectivity index (χ4n) is 4.58. The second kappa shape index (κ2) is 14.4. The first-order valence-electron chi connectivity index (χ1n) is 13.6. The Kier molecular flexibility index (Phi) is 11.0. The number of carboxylic acids is 1. The lowest BCUT2D eigenvalue weighted by Gasteiger charge is -2.27. The van der Waals surface area contributed by atoms with Crippen LogP contribution in [0.15, 0.2) is 60.8 Å². The SMILES string of the molecule is CC(C)CC(NC(=O)C(N)Cc1c[nH]c2ccccc12)C(=O)NC(C(=O)NC(Cc1ccccc1)C(=O)O)C(C)O. The van der Waals surface area contributed by atoms with Crippen molar-refractivity contribution < 1.29 is 29.4 Å². The van der Waals surface area contributed by atoms with Crippen molar-refractivity contribution in [2.45, 2.75) is 70.3 Å². The van der Waals surface area contributed by atoms with Gasteiger partial charge in [-0.3, -0.25) is 14.4 Å². The lowest BCUT2D eigenvalue weighted by Crippen LogP contribution is -2.60. The summed E-state index contributed by atoms with van der Waals surface area (Å²) in [7, 11) is 0. The topological polar surface area (TPSA) is 187 Å². The largest absolute Gasteiger partial charge is 0.480 e. The van der Waals surface area contributed by atoms with Gasteiger partial charge in [0.1, 0.15) is 18.1 Å². The number of aliphatic carboxylic acids is 1. The van der Waals surface area contributed by atoms with Crippen LogP contribution in [-0.4, -0.2) is 69.2 Å². The van der Waals surface area contributed by atoms with E-state index in [1.165, 1.54) is 6.92 Å². The van der Waals surface area contributed by atoms with E-state index in [1.54, 1.807) is 36.5 Å². The van der Waals surface area contributed by atoms with Gasteiger partial charge in [-0.05, 0) is 42.9 Å². The van der Waals surface area contributed by atoms with Gasteiger partial charge in [-0.15, -0.1) is 0 Å². The number of aromatic amines is 1. The highest BCUT2D eigenvalue weighted by atomic mass is 16.4. The van der Waals surface area contributed by atoms with Crippen molar-refractivity contribution in [2.75, 3.05) is 0 Å². The van der Waals surface area contributed by atoms with Crippen LogP contribution in [0.4, 0.5) is 0 Å². The van der Waals surface area contributed by atoms with Gasteiger partial charge < -0.3 is 36.9 Å². The molecule has 0 saturated carbocycles. The second-order valence-corrected chi connectivity index (χ2v) is 10.7. The van der Waals surface area contributed by atoms with E-state index in [4.69, 9.17) is 5.73 Å². The monoisotopic (exact) mass is 565 g/mol. The smallest absolute Gasteiger partial charge is 0.326 e. The van der Waals surface area contributed by atoms with E-state index >= 15 is 0 Å². The number of hydrogen-bond acceptors (Lipinski definition) is 6. The number of carbonyl (C=O) groups excluding carboxylic acids is 3. The normalized spacial score (nSPS) is 15.0. The predicted molar refractivity (Wildman–Crippen MR) is 155 cm³/mol. The molecule has 0 saturated heterocycles. The van der Waals surface area contributed by atoms with E-state index in [9.17, 15) is 29.4 Å².